The lowest BCUT2D eigenvalue weighted by Crippen LogP contribution is -2.42. The molecule has 1 aromatic heterocycles. The van der Waals surface area contributed by atoms with Gasteiger partial charge in [0, 0.05) is 23.9 Å². The van der Waals surface area contributed by atoms with Gasteiger partial charge in [-0.05, 0) is 63.2 Å². The zero-order chi connectivity index (χ0) is 22.7. The van der Waals surface area contributed by atoms with E-state index >= 15 is 0 Å². The fraction of sp³-hybridized carbons (Fsp3) is 0.524. The Morgan fingerprint density at radius 1 is 1.25 bits per heavy atom. The fourth-order valence-corrected chi connectivity index (χ4v) is 5.79. The van der Waals surface area contributed by atoms with Crippen LogP contribution in [0.5, 0.6) is 5.75 Å². The van der Waals surface area contributed by atoms with Gasteiger partial charge in [0.05, 0.1) is 10.9 Å². The summed E-state index contributed by atoms with van der Waals surface area (Å²) in [5.74, 6) is 0.367. The topological polar surface area (TPSA) is 66.5 Å². The van der Waals surface area contributed by atoms with Gasteiger partial charge in [-0.2, -0.15) is 0 Å². The number of ether oxygens (including phenoxy) is 1. The third-order valence-corrected chi connectivity index (χ3v) is 7.78. The van der Waals surface area contributed by atoms with Gasteiger partial charge < -0.3 is 15.0 Å². The minimum Gasteiger partial charge on any atom is -0.406 e. The van der Waals surface area contributed by atoms with Gasteiger partial charge in [0.25, 0.3) is 0 Å². The summed E-state index contributed by atoms with van der Waals surface area (Å²) in [5, 5.41) is 8.84. The van der Waals surface area contributed by atoms with Crippen LogP contribution in [0.25, 0.3) is 10.6 Å². The zero-order valence-electron chi connectivity index (χ0n) is 17.5. The number of amides is 1. The number of hydrogen-bond acceptors (Lipinski definition) is 7. The van der Waals surface area contributed by atoms with E-state index in [9.17, 15) is 18.0 Å². The summed E-state index contributed by atoms with van der Waals surface area (Å²) >= 11 is 2.98. The van der Waals surface area contributed by atoms with E-state index in [-0.39, 0.29) is 22.4 Å². The van der Waals surface area contributed by atoms with E-state index in [1.54, 1.807) is 23.9 Å². The molecule has 11 heteroatoms. The second-order valence-electron chi connectivity index (χ2n) is 8.09. The first-order valence-corrected chi connectivity index (χ1v) is 12.3. The largest absolute Gasteiger partial charge is 0.573 e. The number of hydrogen-bond donors (Lipinski definition) is 2. The first kappa shape index (κ1) is 23.3. The summed E-state index contributed by atoms with van der Waals surface area (Å²) in [7, 11) is 2.14. The van der Waals surface area contributed by atoms with Crippen LogP contribution in [0, 0.1) is 5.92 Å². The van der Waals surface area contributed by atoms with E-state index in [1.807, 2.05) is 5.38 Å². The van der Waals surface area contributed by atoms with E-state index in [0.29, 0.717) is 22.9 Å². The molecule has 2 saturated heterocycles. The monoisotopic (exact) mass is 486 g/mol. The van der Waals surface area contributed by atoms with Crippen molar-refractivity contribution in [3.05, 3.63) is 35.3 Å². The van der Waals surface area contributed by atoms with Gasteiger partial charge in [0.2, 0.25) is 5.91 Å². The summed E-state index contributed by atoms with van der Waals surface area (Å²) in [5.41, 5.74) is 1.41. The molecule has 1 aromatic carbocycles. The Bertz CT molecular complexity index is 915. The highest BCUT2D eigenvalue weighted by molar-refractivity contribution is 8.01. The molecule has 0 aliphatic carbocycles. The molecule has 0 spiro atoms. The molecule has 0 bridgehead atoms. The summed E-state index contributed by atoms with van der Waals surface area (Å²) in [6, 6.07) is 5.63. The summed E-state index contributed by atoms with van der Waals surface area (Å²) in [4.78, 5) is 19.3. The second kappa shape index (κ2) is 9.98. The van der Waals surface area contributed by atoms with Crippen LogP contribution >= 0.6 is 23.1 Å². The fourth-order valence-electron chi connectivity index (χ4n) is 3.78. The number of likely N-dealkylation sites (tertiary alicyclic amines) is 1. The number of aromatic nitrogens is 1. The Kier molecular flexibility index (Phi) is 7.28. The number of thioether (sulfide) groups is 1. The van der Waals surface area contributed by atoms with Crippen molar-refractivity contribution in [2.45, 2.75) is 36.4 Å². The van der Waals surface area contributed by atoms with Crippen molar-refractivity contribution in [3.63, 3.8) is 0 Å². The SMILES string of the molecule is CN1CCC(CNC2NC(=O)C(Cc3csc(-c4ccc(OC(F)(F)F)cc4)n3)S2)CC1. The number of carbonyl (C=O) groups excluding carboxylic acids is 1. The molecule has 4 rings (SSSR count). The average molecular weight is 487 g/mol. The van der Waals surface area contributed by atoms with E-state index in [4.69, 9.17) is 0 Å². The van der Waals surface area contributed by atoms with Crippen LogP contribution in [0.4, 0.5) is 13.2 Å². The van der Waals surface area contributed by atoms with Crippen LogP contribution in [-0.4, -0.2) is 59.6 Å². The lowest BCUT2D eigenvalue weighted by Gasteiger charge is -2.29. The van der Waals surface area contributed by atoms with E-state index in [1.165, 1.54) is 36.3 Å². The summed E-state index contributed by atoms with van der Waals surface area (Å²) < 4.78 is 40.8. The van der Waals surface area contributed by atoms with Crippen molar-refractivity contribution in [2.24, 2.45) is 5.92 Å². The number of benzene rings is 1. The summed E-state index contributed by atoms with van der Waals surface area (Å²) in [6.45, 7) is 3.13. The van der Waals surface area contributed by atoms with Gasteiger partial charge >= 0.3 is 6.36 Å². The molecule has 2 atom stereocenters. The molecule has 2 aliphatic heterocycles. The number of rotatable bonds is 7. The Labute approximate surface area is 192 Å². The van der Waals surface area contributed by atoms with E-state index in [2.05, 4.69) is 32.3 Å². The number of alkyl halides is 3. The molecule has 32 heavy (non-hydrogen) atoms. The highest BCUT2D eigenvalue weighted by Crippen LogP contribution is 2.31. The molecule has 174 valence electrons. The number of carbonyl (C=O) groups is 1. The van der Waals surface area contributed by atoms with Crippen LogP contribution in [0.1, 0.15) is 18.5 Å². The second-order valence-corrected chi connectivity index (χ2v) is 10.3. The number of piperidine rings is 1. The minimum atomic E-state index is -4.71. The predicted molar refractivity (Wildman–Crippen MR) is 119 cm³/mol. The molecular formula is C21H25F3N4O2S2. The number of thiazole rings is 1. The zero-order valence-corrected chi connectivity index (χ0v) is 19.2. The Hall–Kier alpha value is -1.82. The molecule has 6 nitrogen and oxygen atoms in total. The van der Waals surface area contributed by atoms with Gasteiger partial charge in [-0.3, -0.25) is 10.1 Å². The first-order chi connectivity index (χ1) is 15.2. The van der Waals surface area contributed by atoms with E-state index in [0.717, 1.165) is 25.3 Å². The molecule has 2 aliphatic rings. The van der Waals surface area contributed by atoms with Gasteiger partial charge in [0.15, 0.2) is 0 Å². The maximum absolute atomic E-state index is 12.4. The molecule has 0 saturated carbocycles. The van der Waals surface area contributed by atoms with Crippen LogP contribution in [-0.2, 0) is 11.2 Å². The highest BCUT2D eigenvalue weighted by atomic mass is 32.2. The quantitative estimate of drug-likeness (QED) is 0.622. The smallest absolute Gasteiger partial charge is 0.406 e. The van der Waals surface area contributed by atoms with Crippen LogP contribution in [0.2, 0.25) is 0 Å². The van der Waals surface area contributed by atoms with Crippen molar-refractivity contribution in [3.8, 4) is 16.3 Å². The average Bonchev–Trinajstić information content (AvgIpc) is 3.34. The van der Waals surface area contributed by atoms with Gasteiger partial charge in [-0.1, -0.05) is 0 Å². The number of halogens is 3. The van der Waals surface area contributed by atoms with Crippen molar-refractivity contribution >= 4 is 29.0 Å². The van der Waals surface area contributed by atoms with Gasteiger partial charge in [-0.25, -0.2) is 4.98 Å². The maximum atomic E-state index is 12.4. The highest BCUT2D eigenvalue weighted by Gasteiger charge is 2.34. The van der Waals surface area contributed by atoms with Gasteiger partial charge in [-0.15, -0.1) is 36.3 Å². The minimum absolute atomic E-state index is 0.000852. The molecule has 1 amide bonds. The third kappa shape index (κ3) is 6.37. The molecule has 3 heterocycles. The molecule has 2 fully saturated rings. The van der Waals surface area contributed by atoms with Crippen molar-refractivity contribution in [1.29, 1.82) is 0 Å². The van der Waals surface area contributed by atoms with Crippen molar-refractivity contribution in [2.75, 3.05) is 26.7 Å². The number of nitrogens with zero attached hydrogens (tertiary/aromatic N) is 2. The predicted octanol–water partition coefficient (Wildman–Crippen LogP) is 3.70. The van der Waals surface area contributed by atoms with Crippen molar-refractivity contribution < 1.29 is 22.7 Å². The van der Waals surface area contributed by atoms with Crippen LogP contribution in [0.3, 0.4) is 0 Å². The molecular weight excluding hydrogens is 461 g/mol. The van der Waals surface area contributed by atoms with Crippen LogP contribution < -0.4 is 15.4 Å². The van der Waals surface area contributed by atoms with Gasteiger partial charge in [0.1, 0.15) is 16.3 Å². The Morgan fingerprint density at radius 2 is 1.97 bits per heavy atom. The number of nitrogens with one attached hydrogen (secondary N) is 2. The third-order valence-electron chi connectivity index (χ3n) is 5.58. The molecule has 2 unspecified atom stereocenters. The standard InChI is InChI=1S/C21H25F3N4O2S2/c1-28-8-6-13(7-9-28)11-25-20-27-18(29)17(32-20)10-15-12-31-19(26-15)14-2-4-16(5-3-14)30-21(22,23)24/h2-5,12-13,17,20,25H,6-11H2,1H3,(H,27,29). The lowest BCUT2D eigenvalue weighted by molar-refractivity contribution is -0.274. The molecule has 2 N–H and O–H groups in total. The first-order valence-electron chi connectivity index (χ1n) is 10.4. The molecule has 2 aromatic rings. The Balaban J connectivity index is 1.28. The molecule has 0 radical (unpaired) electrons. The lowest BCUT2D eigenvalue weighted by atomic mass is 9.97. The van der Waals surface area contributed by atoms with E-state index < -0.39 is 6.36 Å². The van der Waals surface area contributed by atoms with Crippen molar-refractivity contribution in [1.82, 2.24) is 20.5 Å². The normalized spacial score (nSPS) is 22.8. The maximum Gasteiger partial charge on any atom is 0.573 e. The van der Waals surface area contributed by atoms with Crippen LogP contribution in [0.15, 0.2) is 29.6 Å². The summed E-state index contributed by atoms with van der Waals surface area (Å²) in [6.07, 6.45) is -1.86. The Morgan fingerprint density at radius 3 is 2.66 bits per heavy atom.